The van der Waals surface area contributed by atoms with Gasteiger partial charge in [0.25, 0.3) is 0 Å². The van der Waals surface area contributed by atoms with Crippen LogP contribution in [0.25, 0.3) is 0 Å². The predicted octanol–water partition coefficient (Wildman–Crippen LogP) is 1.56. The molecule has 0 heterocycles. The van der Waals surface area contributed by atoms with Crippen LogP contribution in [0.15, 0.2) is 29.2 Å². The number of benzene rings is 1. The molecule has 0 aliphatic rings. The number of hydrogen-bond donors (Lipinski definition) is 3. The summed E-state index contributed by atoms with van der Waals surface area (Å²) in [6.07, 6.45) is -0.589. The van der Waals surface area contributed by atoms with Crippen LogP contribution in [0, 0.1) is 0 Å². The fourth-order valence-electron chi connectivity index (χ4n) is 1.77. The maximum atomic E-state index is 12.4. The highest BCUT2D eigenvalue weighted by Gasteiger charge is 2.27. The van der Waals surface area contributed by atoms with Crippen molar-refractivity contribution in [3.63, 3.8) is 0 Å². The fraction of sp³-hybridized carbons (Fsp3) is 0.429. The van der Waals surface area contributed by atoms with Gasteiger partial charge in [0.1, 0.15) is 0 Å². The summed E-state index contributed by atoms with van der Waals surface area (Å²) in [6.45, 7) is 1.86. The summed E-state index contributed by atoms with van der Waals surface area (Å²) in [5, 5.41) is 8.90. The average molecular weight is 378 g/mol. The molecular weight excluding hydrogens is 358 g/mol. The van der Waals surface area contributed by atoms with Crippen LogP contribution < -0.4 is 4.72 Å². The molecule has 1 rings (SSSR count). The number of thiol groups is 1. The lowest BCUT2D eigenvalue weighted by atomic mass is 10.1. The molecule has 0 fully saturated rings. The molecule has 2 N–H and O–H groups in total. The van der Waals surface area contributed by atoms with E-state index in [-0.39, 0.29) is 10.6 Å². The number of hydrogen-bond acceptors (Lipinski definition) is 6. The molecule has 9 heteroatoms. The molecule has 0 amide bonds. The summed E-state index contributed by atoms with van der Waals surface area (Å²) in [6, 6.07) is 4.85. The van der Waals surface area contributed by atoms with E-state index in [2.05, 4.69) is 17.4 Å². The molecule has 0 bridgehead atoms. The molecule has 0 aliphatic carbocycles. The van der Waals surface area contributed by atoms with E-state index >= 15 is 0 Å². The van der Waals surface area contributed by atoms with Crippen molar-refractivity contribution in [3.05, 3.63) is 29.8 Å². The molecule has 0 saturated heterocycles. The number of aliphatic carboxylic acids is 1. The van der Waals surface area contributed by atoms with E-state index in [1.807, 2.05) is 6.92 Å². The maximum absolute atomic E-state index is 12.4. The third-order valence-corrected chi connectivity index (χ3v) is 5.64. The van der Waals surface area contributed by atoms with Crippen molar-refractivity contribution in [3.8, 4) is 0 Å². The van der Waals surface area contributed by atoms with Crippen LogP contribution in [-0.4, -0.2) is 42.8 Å². The number of sulfonamides is 1. The number of carboxylic acid groups (broad SMARTS) is 1. The third kappa shape index (κ3) is 6.54. The number of rotatable bonds is 10. The van der Waals surface area contributed by atoms with Crippen molar-refractivity contribution in [2.45, 2.75) is 30.0 Å². The standard InChI is InChI=1S/C14H19NO5S3/c1-2-22-9-13(16)12(7-14(17)18)15-23(19,20)11-5-3-4-10(6-11)8-21/h3-6,12,15,21H,2,7-9H2,1H3,(H,17,18)/t12-/m0/s1. The molecule has 0 spiro atoms. The highest BCUT2D eigenvalue weighted by atomic mass is 32.2. The zero-order valence-electron chi connectivity index (χ0n) is 12.6. The van der Waals surface area contributed by atoms with Crippen molar-refractivity contribution in [2.24, 2.45) is 0 Å². The molecule has 0 aromatic heterocycles. The van der Waals surface area contributed by atoms with Crippen molar-refractivity contribution in [2.75, 3.05) is 11.5 Å². The SMILES string of the molecule is CCSCC(=O)[C@H](CC(=O)O)NS(=O)(=O)c1cccc(CS)c1. The Morgan fingerprint density at radius 2 is 2.09 bits per heavy atom. The number of nitrogens with one attached hydrogen (secondary N) is 1. The molecule has 1 aromatic rings. The van der Waals surface area contributed by atoms with E-state index < -0.39 is 34.2 Å². The minimum absolute atomic E-state index is 0.0182. The monoisotopic (exact) mass is 377 g/mol. The first kappa shape index (κ1) is 20.0. The lowest BCUT2D eigenvalue weighted by Gasteiger charge is -2.16. The van der Waals surface area contributed by atoms with Gasteiger partial charge in [-0.25, -0.2) is 13.1 Å². The average Bonchev–Trinajstić information content (AvgIpc) is 2.51. The van der Waals surface area contributed by atoms with Crippen molar-refractivity contribution >= 4 is 46.2 Å². The number of Topliss-reactive ketones (excluding diaryl/α,β-unsaturated/α-hetero) is 1. The number of carbonyl (C=O) groups excluding carboxylic acids is 1. The van der Waals surface area contributed by atoms with Crippen molar-refractivity contribution in [1.29, 1.82) is 0 Å². The first-order valence-electron chi connectivity index (χ1n) is 6.84. The summed E-state index contributed by atoms with van der Waals surface area (Å²) in [5.74, 6) is -0.575. The van der Waals surface area contributed by atoms with Gasteiger partial charge in [-0.1, -0.05) is 19.1 Å². The van der Waals surface area contributed by atoms with Crippen molar-refractivity contribution < 1.29 is 23.1 Å². The largest absolute Gasteiger partial charge is 0.481 e. The minimum Gasteiger partial charge on any atom is -0.481 e. The van der Waals surface area contributed by atoms with Crippen LogP contribution in [0.5, 0.6) is 0 Å². The van der Waals surface area contributed by atoms with Gasteiger partial charge in [0, 0.05) is 5.75 Å². The van der Waals surface area contributed by atoms with Crippen molar-refractivity contribution in [1.82, 2.24) is 4.72 Å². The first-order valence-corrected chi connectivity index (χ1v) is 10.1. The number of ketones is 1. The van der Waals surface area contributed by atoms with Crippen LogP contribution in [-0.2, 0) is 25.4 Å². The maximum Gasteiger partial charge on any atom is 0.305 e. The van der Waals surface area contributed by atoms with E-state index in [4.69, 9.17) is 5.11 Å². The molecule has 128 valence electrons. The van der Waals surface area contributed by atoms with Gasteiger partial charge in [-0.05, 0) is 23.4 Å². The Morgan fingerprint density at radius 3 is 2.65 bits per heavy atom. The second-order valence-corrected chi connectivity index (χ2v) is 7.99. The molecule has 6 nitrogen and oxygen atoms in total. The van der Waals surface area contributed by atoms with E-state index in [0.29, 0.717) is 17.1 Å². The van der Waals surface area contributed by atoms with Gasteiger partial charge < -0.3 is 5.11 Å². The molecule has 1 aromatic carbocycles. The van der Waals surface area contributed by atoms with Gasteiger partial charge in [0.05, 0.1) is 23.1 Å². The Morgan fingerprint density at radius 1 is 1.39 bits per heavy atom. The normalized spacial score (nSPS) is 12.8. The smallest absolute Gasteiger partial charge is 0.305 e. The third-order valence-electron chi connectivity index (χ3n) is 2.90. The molecule has 0 radical (unpaired) electrons. The topological polar surface area (TPSA) is 101 Å². The quantitative estimate of drug-likeness (QED) is 0.535. The lowest BCUT2D eigenvalue weighted by molar-refractivity contribution is -0.139. The van der Waals surface area contributed by atoms with Gasteiger partial charge in [0.2, 0.25) is 10.0 Å². The zero-order chi connectivity index (χ0) is 17.5. The van der Waals surface area contributed by atoms with E-state index in [0.717, 1.165) is 0 Å². The van der Waals surface area contributed by atoms with Gasteiger partial charge in [-0.3, -0.25) is 9.59 Å². The Hall–Kier alpha value is -1.03. The van der Waals surface area contributed by atoms with E-state index in [1.165, 1.54) is 23.9 Å². The number of thioether (sulfide) groups is 1. The first-order chi connectivity index (χ1) is 10.8. The summed E-state index contributed by atoms with van der Waals surface area (Å²) >= 11 is 5.40. The van der Waals surface area contributed by atoms with E-state index in [1.54, 1.807) is 12.1 Å². The van der Waals surface area contributed by atoms with Gasteiger partial charge in [-0.2, -0.15) is 24.4 Å². The Labute approximate surface area is 145 Å². The van der Waals surface area contributed by atoms with Crippen LogP contribution in [0.4, 0.5) is 0 Å². The van der Waals surface area contributed by atoms with Gasteiger partial charge >= 0.3 is 5.97 Å². The van der Waals surface area contributed by atoms with Crippen LogP contribution in [0.1, 0.15) is 18.9 Å². The molecule has 0 unspecified atom stereocenters. The second kappa shape index (κ2) is 9.31. The number of carbonyl (C=O) groups is 2. The lowest BCUT2D eigenvalue weighted by Crippen LogP contribution is -2.43. The predicted molar refractivity (Wildman–Crippen MR) is 93.5 cm³/mol. The molecule has 23 heavy (non-hydrogen) atoms. The summed E-state index contributed by atoms with van der Waals surface area (Å²) < 4.78 is 27.0. The fourth-order valence-corrected chi connectivity index (χ4v) is 3.86. The highest BCUT2D eigenvalue weighted by Crippen LogP contribution is 2.15. The highest BCUT2D eigenvalue weighted by molar-refractivity contribution is 7.99. The Bertz CT molecular complexity index is 660. The van der Waals surface area contributed by atoms with Gasteiger partial charge in [0.15, 0.2) is 5.78 Å². The molecule has 0 saturated carbocycles. The molecular formula is C14H19NO5S3. The minimum atomic E-state index is -3.99. The summed E-state index contributed by atoms with van der Waals surface area (Å²) in [5.41, 5.74) is 0.707. The van der Waals surface area contributed by atoms with Crippen LogP contribution >= 0.6 is 24.4 Å². The van der Waals surface area contributed by atoms with Crippen LogP contribution in [0.3, 0.4) is 0 Å². The molecule has 0 aliphatic heterocycles. The zero-order valence-corrected chi connectivity index (χ0v) is 15.1. The molecule has 1 atom stereocenters. The Balaban J connectivity index is 2.99. The Kier molecular flexibility index (Phi) is 8.10. The van der Waals surface area contributed by atoms with Gasteiger partial charge in [-0.15, -0.1) is 0 Å². The van der Waals surface area contributed by atoms with Crippen LogP contribution in [0.2, 0.25) is 0 Å². The summed E-state index contributed by atoms with van der Waals surface area (Å²) in [7, 11) is -3.99. The second-order valence-electron chi connectivity index (χ2n) is 4.68. The number of carboxylic acids is 1. The summed E-state index contributed by atoms with van der Waals surface area (Å²) in [4.78, 5) is 22.9. The van der Waals surface area contributed by atoms with E-state index in [9.17, 15) is 18.0 Å².